The second-order valence-corrected chi connectivity index (χ2v) is 6.63. The zero-order valence-corrected chi connectivity index (χ0v) is 13.5. The Hall–Kier alpha value is -2.63. The Bertz CT molecular complexity index is 786. The maximum atomic E-state index is 12.6. The van der Waals surface area contributed by atoms with Gasteiger partial charge in [-0.1, -0.05) is 35.5 Å². The van der Waals surface area contributed by atoms with Gasteiger partial charge in [0.2, 0.25) is 5.91 Å². The molecule has 0 unspecified atom stereocenters. The topological polar surface area (TPSA) is 75.4 Å². The fourth-order valence-electron chi connectivity index (χ4n) is 3.95. The van der Waals surface area contributed by atoms with Crippen molar-refractivity contribution in [2.75, 3.05) is 19.6 Å². The number of nitrogens with one attached hydrogen (secondary N) is 1. The van der Waals surface area contributed by atoms with Gasteiger partial charge in [0.1, 0.15) is 5.76 Å². The fraction of sp³-hybridized carbons (Fsp3) is 0.389. The third kappa shape index (κ3) is 2.21. The quantitative estimate of drug-likeness (QED) is 0.912. The smallest absolute Gasteiger partial charge is 0.276 e. The van der Waals surface area contributed by atoms with Crippen LogP contribution in [0, 0.1) is 12.3 Å². The highest BCUT2D eigenvalue weighted by atomic mass is 16.5. The molecule has 6 nitrogen and oxygen atoms in total. The average Bonchev–Trinajstić information content (AvgIpc) is 3.30. The van der Waals surface area contributed by atoms with Crippen molar-refractivity contribution < 1.29 is 14.1 Å². The van der Waals surface area contributed by atoms with Gasteiger partial charge in [-0.05, 0) is 18.9 Å². The number of aryl methyl sites for hydroxylation is 1. The van der Waals surface area contributed by atoms with Gasteiger partial charge in [0, 0.05) is 31.6 Å². The summed E-state index contributed by atoms with van der Waals surface area (Å²) in [6.07, 6.45) is 0.668. The van der Waals surface area contributed by atoms with E-state index in [-0.39, 0.29) is 17.7 Å². The van der Waals surface area contributed by atoms with E-state index >= 15 is 0 Å². The van der Waals surface area contributed by atoms with Crippen LogP contribution in [0.4, 0.5) is 0 Å². The van der Waals surface area contributed by atoms with Gasteiger partial charge >= 0.3 is 0 Å². The van der Waals surface area contributed by atoms with Crippen LogP contribution in [0.15, 0.2) is 40.9 Å². The van der Waals surface area contributed by atoms with Crippen LogP contribution < -0.4 is 5.32 Å². The van der Waals surface area contributed by atoms with E-state index in [0.29, 0.717) is 37.5 Å². The van der Waals surface area contributed by atoms with Crippen LogP contribution in [-0.2, 0) is 4.79 Å². The molecule has 2 aliphatic rings. The summed E-state index contributed by atoms with van der Waals surface area (Å²) in [6, 6.07) is 11.7. The Balaban J connectivity index is 1.61. The number of nitrogens with zero attached hydrogens (tertiary/aromatic N) is 2. The summed E-state index contributed by atoms with van der Waals surface area (Å²) >= 11 is 0. The second kappa shape index (κ2) is 5.47. The van der Waals surface area contributed by atoms with Crippen LogP contribution in [0.5, 0.6) is 0 Å². The van der Waals surface area contributed by atoms with Crippen molar-refractivity contribution in [2.45, 2.75) is 19.3 Å². The predicted octanol–water partition coefficient (Wildman–Crippen LogP) is 1.73. The van der Waals surface area contributed by atoms with E-state index < -0.39 is 5.41 Å². The van der Waals surface area contributed by atoms with E-state index in [0.717, 1.165) is 5.56 Å². The number of carbonyl (C=O) groups is 2. The molecule has 0 saturated carbocycles. The molecule has 0 radical (unpaired) electrons. The molecule has 1 aromatic heterocycles. The SMILES string of the molecule is Cc1cc(C(=O)N2CC[C@@]3(C2)C(=O)NC[C@H]3c2ccccc2)no1. The van der Waals surface area contributed by atoms with Gasteiger partial charge < -0.3 is 14.7 Å². The molecule has 1 N–H and O–H groups in total. The number of hydrogen-bond donors (Lipinski definition) is 1. The number of amides is 2. The first-order valence-electron chi connectivity index (χ1n) is 8.16. The number of aromatic nitrogens is 1. The molecule has 3 heterocycles. The average molecular weight is 325 g/mol. The van der Waals surface area contributed by atoms with Crippen LogP contribution in [0.2, 0.25) is 0 Å². The summed E-state index contributed by atoms with van der Waals surface area (Å²) in [5.41, 5.74) is 0.900. The highest BCUT2D eigenvalue weighted by molar-refractivity contribution is 5.94. The molecule has 24 heavy (non-hydrogen) atoms. The largest absolute Gasteiger partial charge is 0.361 e. The second-order valence-electron chi connectivity index (χ2n) is 6.63. The van der Waals surface area contributed by atoms with Gasteiger partial charge in [-0.3, -0.25) is 9.59 Å². The van der Waals surface area contributed by atoms with Crippen molar-refractivity contribution in [3.8, 4) is 0 Å². The van der Waals surface area contributed by atoms with Gasteiger partial charge in [-0.15, -0.1) is 0 Å². The van der Waals surface area contributed by atoms with Gasteiger partial charge in [-0.25, -0.2) is 0 Å². The number of rotatable bonds is 2. The first-order valence-corrected chi connectivity index (χ1v) is 8.16. The molecule has 0 aliphatic carbocycles. The minimum absolute atomic E-state index is 0.0444. The number of hydrogen-bond acceptors (Lipinski definition) is 4. The Morgan fingerprint density at radius 3 is 2.88 bits per heavy atom. The van der Waals surface area contributed by atoms with E-state index in [1.54, 1.807) is 17.9 Å². The maximum Gasteiger partial charge on any atom is 0.276 e. The molecule has 2 saturated heterocycles. The summed E-state index contributed by atoms with van der Waals surface area (Å²) in [5.74, 6) is 0.564. The molecule has 124 valence electrons. The van der Waals surface area contributed by atoms with Gasteiger partial charge in [0.25, 0.3) is 5.91 Å². The lowest BCUT2D eigenvalue weighted by atomic mass is 9.73. The fourth-order valence-corrected chi connectivity index (χ4v) is 3.95. The molecule has 6 heteroatoms. The summed E-state index contributed by atoms with van der Waals surface area (Å²) in [7, 11) is 0. The summed E-state index contributed by atoms with van der Waals surface area (Å²) in [5, 5.41) is 6.80. The van der Waals surface area contributed by atoms with Crippen molar-refractivity contribution in [1.82, 2.24) is 15.4 Å². The normalized spacial score (nSPS) is 26.1. The first kappa shape index (κ1) is 14.9. The van der Waals surface area contributed by atoms with E-state index in [9.17, 15) is 9.59 Å². The molecule has 1 aromatic carbocycles. The molecule has 2 amide bonds. The van der Waals surface area contributed by atoms with Crippen LogP contribution in [-0.4, -0.2) is 41.5 Å². The molecule has 2 fully saturated rings. The summed E-state index contributed by atoms with van der Waals surface area (Å²) in [6.45, 7) is 3.35. The molecule has 2 aromatic rings. The lowest BCUT2D eigenvalue weighted by Crippen LogP contribution is -2.39. The lowest BCUT2D eigenvalue weighted by Gasteiger charge is -2.28. The minimum atomic E-state index is -0.546. The Labute approximate surface area is 139 Å². The van der Waals surface area contributed by atoms with Gasteiger partial charge in [-0.2, -0.15) is 0 Å². The highest BCUT2D eigenvalue weighted by Crippen LogP contribution is 2.47. The summed E-state index contributed by atoms with van der Waals surface area (Å²) < 4.78 is 5.00. The van der Waals surface area contributed by atoms with Crippen molar-refractivity contribution in [2.24, 2.45) is 5.41 Å². The molecular weight excluding hydrogens is 306 g/mol. The number of likely N-dealkylation sites (tertiary alicyclic amines) is 1. The summed E-state index contributed by atoms with van der Waals surface area (Å²) in [4.78, 5) is 26.9. The predicted molar refractivity (Wildman–Crippen MR) is 86.4 cm³/mol. The molecule has 2 atom stereocenters. The molecule has 2 aliphatic heterocycles. The molecular formula is C18H19N3O3. The van der Waals surface area contributed by atoms with E-state index in [2.05, 4.69) is 22.6 Å². The number of benzene rings is 1. The Morgan fingerprint density at radius 2 is 2.17 bits per heavy atom. The lowest BCUT2D eigenvalue weighted by molar-refractivity contribution is -0.127. The van der Waals surface area contributed by atoms with Crippen molar-refractivity contribution in [3.05, 3.63) is 53.4 Å². The third-order valence-electron chi connectivity index (χ3n) is 5.22. The van der Waals surface area contributed by atoms with Crippen LogP contribution in [0.3, 0.4) is 0 Å². The molecule has 0 bridgehead atoms. The Kier molecular flexibility index (Phi) is 3.40. The monoisotopic (exact) mass is 325 g/mol. The van der Waals surface area contributed by atoms with Crippen LogP contribution >= 0.6 is 0 Å². The van der Waals surface area contributed by atoms with Crippen molar-refractivity contribution in [3.63, 3.8) is 0 Å². The standard InChI is InChI=1S/C18H19N3O3/c1-12-9-15(20-24-12)16(22)21-8-7-18(11-21)14(10-19-17(18)23)13-5-3-2-4-6-13/h2-6,9,14H,7-8,10-11H2,1H3,(H,19,23)/t14-,18-/m0/s1. The number of carbonyl (C=O) groups excluding carboxylic acids is 2. The van der Waals surface area contributed by atoms with Gasteiger partial charge in [0.05, 0.1) is 5.41 Å². The molecule has 4 rings (SSSR count). The van der Waals surface area contributed by atoms with E-state index in [1.165, 1.54) is 0 Å². The van der Waals surface area contributed by atoms with Crippen molar-refractivity contribution in [1.29, 1.82) is 0 Å². The van der Waals surface area contributed by atoms with Gasteiger partial charge in [0.15, 0.2) is 5.69 Å². The zero-order chi connectivity index (χ0) is 16.7. The van der Waals surface area contributed by atoms with Crippen molar-refractivity contribution >= 4 is 11.8 Å². The highest BCUT2D eigenvalue weighted by Gasteiger charge is 2.55. The minimum Gasteiger partial charge on any atom is -0.361 e. The first-order chi connectivity index (χ1) is 11.6. The van der Waals surface area contributed by atoms with E-state index in [1.807, 2.05) is 18.2 Å². The third-order valence-corrected chi connectivity index (χ3v) is 5.22. The van der Waals surface area contributed by atoms with Crippen LogP contribution in [0.1, 0.15) is 34.2 Å². The Morgan fingerprint density at radius 1 is 1.38 bits per heavy atom. The maximum absolute atomic E-state index is 12.6. The molecule has 1 spiro atoms. The van der Waals surface area contributed by atoms with Crippen LogP contribution in [0.25, 0.3) is 0 Å². The van der Waals surface area contributed by atoms with E-state index in [4.69, 9.17) is 4.52 Å². The zero-order valence-electron chi connectivity index (χ0n) is 13.5.